The van der Waals surface area contributed by atoms with E-state index >= 15 is 0 Å². The van der Waals surface area contributed by atoms with Crippen LogP contribution in [0, 0.1) is 0 Å². The zero-order valence-electron chi connectivity index (χ0n) is 33.0. The van der Waals surface area contributed by atoms with Gasteiger partial charge in [0.1, 0.15) is 0 Å². The second kappa shape index (κ2) is 11.4. The predicted octanol–water partition coefficient (Wildman–Crippen LogP) is 13.1. The highest BCUT2D eigenvalue weighted by Crippen LogP contribution is 2.49. The van der Waals surface area contributed by atoms with E-state index in [1.54, 1.807) is 33.4 Å². The molecule has 0 aliphatic heterocycles. The van der Waals surface area contributed by atoms with E-state index in [9.17, 15) is 0 Å². The Morgan fingerprint density at radius 1 is 0.395 bits per heavy atom. The summed E-state index contributed by atoms with van der Waals surface area (Å²) in [5, 5.41) is 0. The highest BCUT2D eigenvalue weighted by atomic mass is 14.4. The van der Waals surface area contributed by atoms with E-state index in [0.717, 1.165) is 6.42 Å². The van der Waals surface area contributed by atoms with Crippen molar-refractivity contribution in [3.63, 3.8) is 0 Å². The molecule has 0 aliphatic carbocycles. The number of hydrogen-bond acceptors (Lipinski definition) is 0. The lowest BCUT2D eigenvalue weighted by Crippen LogP contribution is -2.33. The van der Waals surface area contributed by atoms with Crippen LogP contribution in [0.3, 0.4) is 0 Å². The third-order valence-corrected chi connectivity index (χ3v) is 9.10. The van der Waals surface area contributed by atoms with E-state index in [1.165, 1.54) is 16.7 Å². The van der Waals surface area contributed by atoms with Crippen LogP contribution >= 0.6 is 0 Å². The summed E-state index contributed by atoms with van der Waals surface area (Å²) >= 11 is 0. The minimum atomic E-state index is 0.0288. The SMILES string of the molecule is CC(Cc1cc(C(C)(C)C)c(C(C)(C)C)c(C(C)(C)C)c1C(C)(C)C)c1c(C(C)(C)C)ccc(C(C)(C)C)c1C(C)(C)C. The first-order valence-electron chi connectivity index (χ1n) is 17.1. The van der Waals surface area contributed by atoms with Crippen LogP contribution in [0.4, 0.5) is 0 Å². The lowest BCUT2D eigenvalue weighted by molar-refractivity contribution is 0.471. The van der Waals surface area contributed by atoms with Crippen LogP contribution in [-0.4, -0.2) is 0 Å². The summed E-state index contributed by atoms with van der Waals surface area (Å²) in [4.78, 5) is 0. The fourth-order valence-corrected chi connectivity index (χ4v) is 7.53. The van der Waals surface area contributed by atoms with E-state index in [2.05, 4.69) is 171 Å². The highest BCUT2D eigenvalue weighted by Gasteiger charge is 2.39. The van der Waals surface area contributed by atoms with Crippen molar-refractivity contribution in [2.75, 3.05) is 0 Å². The molecular formula is C43H72. The molecule has 0 heteroatoms. The van der Waals surface area contributed by atoms with Crippen LogP contribution in [0.25, 0.3) is 0 Å². The van der Waals surface area contributed by atoms with Gasteiger partial charge in [0.2, 0.25) is 0 Å². The molecule has 0 fully saturated rings. The maximum Gasteiger partial charge on any atom is -0.0126 e. The molecule has 0 bridgehead atoms. The molecule has 1 atom stereocenters. The van der Waals surface area contributed by atoms with Gasteiger partial charge in [-0.2, -0.15) is 0 Å². The summed E-state index contributed by atoms with van der Waals surface area (Å²) in [7, 11) is 0. The zero-order chi connectivity index (χ0) is 34.1. The average Bonchev–Trinajstić information content (AvgIpc) is 2.72. The summed E-state index contributed by atoms with van der Waals surface area (Å²) in [6, 6.07) is 7.57. The summed E-state index contributed by atoms with van der Waals surface area (Å²) in [5.74, 6) is 0.382. The van der Waals surface area contributed by atoms with Crippen molar-refractivity contribution in [1.29, 1.82) is 0 Å². The van der Waals surface area contributed by atoms with Crippen molar-refractivity contribution in [2.24, 2.45) is 0 Å². The van der Waals surface area contributed by atoms with Gasteiger partial charge >= 0.3 is 0 Å². The van der Waals surface area contributed by atoms with Crippen molar-refractivity contribution >= 4 is 0 Å². The standard InChI is InChI=1S/C43H72/c1-27(32-29(37(2,3)4)23-24-30(38(5,6)7)34(32)41(14,15)16)25-28-26-31(39(8,9)10)35(42(17,18)19)36(43(20,21)22)33(28)40(11,12)13/h23-24,26-27H,25H2,1-22H3. The lowest BCUT2D eigenvalue weighted by atomic mass is 9.62. The molecule has 0 radical (unpaired) electrons. The Hall–Kier alpha value is -1.56. The van der Waals surface area contributed by atoms with Gasteiger partial charge in [-0.15, -0.1) is 0 Å². The first-order chi connectivity index (χ1) is 18.7. The fraction of sp³-hybridized carbons (Fsp3) is 0.721. The Balaban J connectivity index is 3.20. The molecule has 0 spiro atoms. The lowest BCUT2D eigenvalue weighted by Gasteiger charge is -2.43. The van der Waals surface area contributed by atoms with Crippen LogP contribution in [0.2, 0.25) is 0 Å². The maximum absolute atomic E-state index is 2.65. The molecule has 244 valence electrons. The second-order valence-electron chi connectivity index (χ2n) is 21.0. The van der Waals surface area contributed by atoms with Crippen molar-refractivity contribution < 1.29 is 0 Å². The Kier molecular flexibility index (Phi) is 9.93. The van der Waals surface area contributed by atoms with Gasteiger partial charge in [0.15, 0.2) is 0 Å². The molecule has 0 aromatic heterocycles. The number of hydrogen-bond donors (Lipinski definition) is 0. The monoisotopic (exact) mass is 589 g/mol. The van der Waals surface area contributed by atoms with Gasteiger partial charge in [-0.1, -0.05) is 171 Å². The molecule has 43 heavy (non-hydrogen) atoms. The summed E-state index contributed by atoms with van der Waals surface area (Å²) in [6.45, 7) is 53.3. The van der Waals surface area contributed by atoms with Gasteiger partial charge in [0, 0.05) is 0 Å². The molecule has 0 amide bonds. The molecule has 0 nitrogen and oxygen atoms in total. The minimum absolute atomic E-state index is 0.0288. The van der Waals surface area contributed by atoms with Crippen molar-refractivity contribution in [3.05, 3.63) is 68.3 Å². The summed E-state index contributed by atoms with van der Waals surface area (Å²) in [5.41, 5.74) is 14.3. The van der Waals surface area contributed by atoms with E-state index in [0.29, 0.717) is 5.92 Å². The number of benzene rings is 2. The fourth-order valence-electron chi connectivity index (χ4n) is 7.53. The summed E-state index contributed by atoms with van der Waals surface area (Å²) in [6.07, 6.45) is 1.04. The smallest absolute Gasteiger partial charge is 0.0126 e. The highest BCUT2D eigenvalue weighted by molar-refractivity contribution is 5.58. The third kappa shape index (κ3) is 8.19. The molecule has 0 saturated carbocycles. The van der Waals surface area contributed by atoms with E-state index in [-0.39, 0.29) is 37.9 Å². The Morgan fingerprint density at radius 2 is 0.744 bits per heavy atom. The van der Waals surface area contributed by atoms with Crippen LogP contribution in [0.5, 0.6) is 0 Å². The maximum atomic E-state index is 2.65. The molecule has 0 saturated heterocycles. The second-order valence-corrected chi connectivity index (χ2v) is 21.0. The quantitative estimate of drug-likeness (QED) is 0.334. The zero-order valence-corrected chi connectivity index (χ0v) is 33.0. The van der Waals surface area contributed by atoms with Gasteiger partial charge < -0.3 is 0 Å². The van der Waals surface area contributed by atoms with Crippen LogP contribution in [0.1, 0.15) is 208 Å². The molecule has 0 N–H and O–H groups in total. The topological polar surface area (TPSA) is 0 Å². The van der Waals surface area contributed by atoms with Crippen molar-refractivity contribution in [3.8, 4) is 0 Å². The van der Waals surface area contributed by atoms with E-state index in [1.807, 2.05) is 0 Å². The van der Waals surface area contributed by atoms with Gasteiger partial charge in [0.25, 0.3) is 0 Å². The van der Waals surface area contributed by atoms with Gasteiger partial charge in [0.05, 0.1) is 0 Å². The minimum Gasteiger partial charge on any atom is -0.0581 e. The molecule has 2 rings (SSSR count). The van der Waals surface area contributed by atoms with Crippen LogP contribution < -0.4 is 0 Å². The third-order valence-electron chi connectivity index (χ3n) is 9.10. The first kappa shape index (κ1) is 37.6. The Bertz CT molecular complexity index is 1290. The van der Waals surface area contributed by atoms with Crippen LogP contribution in [-0.2, 0) is 44.3 Å². The normalized spacial score (nSPS) is 15.2. The predicted molar refractivity (Wildman–Crippen MR) is 196 cm³/mol. The van der Waals surface area contributed by atoms with Crippen molar-refractivity contribution in [1.82, 2.24) is 0 Å². The molecular weight excluding hydrogens is 516 g/mol. The Labute approximate surface area is 270 Å². The molecule has 0 aliphatic rings. The summed E-state index contributed by atoms with van der Waals surface area (Å²) < 4.78 is 0. The van der Waals surface area contributed by atoms with Gasteiger partial charge in [-0.25, -0.2) is 0 Å². The molecule has 0 heterocycles. The Morgan fingerprint density at radius 3 is 1.07 bits per heavy atom. The number of rotatable bonds is 3. The largest absolute Gasteiger partial charge is 0.0581 e. The first-order valence-corrected chi connectivity index (χ1v) is 17.1. The molecule has 1 unspecified atom stereocenters. The molecule has 2 aromatic carbocycles. The van der Waals surface area contributed by atoms with Crippen LogP contribution in [0.15, 0.2) is 18.2 Å². The van der Waals surface area contributed by atoms with Crippen molar-refractivity contribution in [2.45, 2.75) is 203 Å². The van der Waals surface area contributed by atoms with Gasteiger partial charge in [-0.05, 0) is 100 Å². The molecule has 2 aromatic rings. The average molecular weight is 589 g/mol. The van der Waals surface area contributed by atoms with E-state index < -0.39 is 0 Å². The van der Waals surface area contributed by atoms with Gasteiger partial charge in [-0.3, -0.25) is 0 Å². The van der Waals surface area contributed by atoms with E-state index in [4.69, 9.17) is 0 Å².